The molecule has 0 atom stereocenters. The van der Waals surface area contributed by atoms with Gasteiger partial charge in [-0.3, -0.25) is 13.2 Å². The quantitative estimate of drug-likeness (QED) is 0.182. The number of pyridine rings is 3. The van der Waals surface area contributed by atoms with Crippen molar-refractivity contribution in [3.63, 3.8) is 0 Å². The van der Waals surface area contributed by atoms with E-state index in [-0.39, 0.29) is 0 Å². The van der Waals surface area contributed by atoms with Gasteiger partial charge in [-0.15, -0.1) is 0 Å². The van der Waals surface area contributed by atoms with Crippen molar-refractivity contribution >= 4 is 82.4 Å². The first kappa shape index (κ1) is 30.5. The van der Waals surface area contributed by atoms with Gasteiger partial charge in [-0.05, 0) is 87.4 Å². The fourth-order valence-electron chi connectivity index (χ4n) is 9.21. The van der Waals surface area contributed by atoms with Crippen molar-refractivity contribution in [2.75, 3.05) is 0 Å². The maximum Gasteiger partial charge on any atom is 0.145 e. The molecule has 264 valence electrons. The van der Waals surface area contributed by atoms with E-state index in [0.717, 1.165) is 116 Å². The van der Waals surface area contributed by atoms with Crippen LogP contribution in [0.3, 0.4) is 0 Å². The molecule has 6 heteroatoms. The summed E-state index contributed by atoms with van der Waals surface area (Å²) >= 11 is 0. The van der Waals surface area contributed by atoms with Gasteiger partial charge in [-0.1, -0.05) is 109 Å². The highest BCUT2D eigenvalue weighted by atomic mass is 15.0. The van der Waals surface area contributed by atoms with E-state index in [1.807, 2.05) is 0 Å². The lowest BCUT2D eigenvalue weighted by Gasteiger charge is -2.17. The number of hydrogen-bond donors (Lipinski definition) is 0. The van der Waals surface area contributed by atoms with Gasteiger partial charge in [-0.25, -0.2) is 15.0 Å². The molecule has 6 nitrogen and oxygen atoms in total. The van der Waals surface area contributed by atoms with Crippen molar-refractivity contribution in [3.8, 4) is 33.4 Å². The Morgan fingerprint density at radius 2 is 0.544 bits per heavy atom. The van der Waals surface area contributed by atoms with E-state index in [1.165, 1.54) is 0 Å². The van der Waals surface area contributed by atoms with Gasteiger partial charge < -0.3 is 0 Å². The number of benzene rings is 7. The summed E-state index contributed by atoms with van der Waals surface area (Å²) in [5.41, 5.74) is 15.9. The molecule has 0 spiro atoms. The maximum absolute atomic E-state index is 5.12. The van der Waals surface area contributed by atoms with Crippen LogP contribution in [0.25, 0.3) is 116 Å². The smallest absolute Gasteiger partial charge is 0.145 e. The lowest BCUT2D eigenvalue weighted by Crippen LogP contribution is -1.95. The average molecular weight is 727 g/mol. The largest absolute Gasteiger partial charge is 0.298 e. The summed E-state index contributed by atoms with van der Waals surface area (Å²) in [6.07, 6.45) is 6.85. The van der Waals surface area contributed by atoms with Crippen LogP contribution >= 0.6 is 0 Å². The topological polar surface area (TPSA) is 51.9 Å². The molecule has 13 aromatic rings. The van der Waals surface area contributed by atoms with Gasteiger partial charge >= 0.3 is 0 Å². The zero-order valence-electron chi connectivity index (χ0n) is 30.5. The molecule has 6 aromatic heterocycles. The molecular formula is C51H30N6. The van der Waals surface area contributed by atoms with Crippen LogP contribution in [0.4, 0.5) is 0 Å². The van der Waals surface area contributed by atoms with Crippen LogP contribution in [0.1, 0.15) is 0 Å². The number of rotatable bonds is 3. The Bertz CT molecular complexity index is 3420. The van der Waals surface area contributed by atoms with Crippen LogP contribution in [-0.4, -0.2) is 28.2 Å². The second-order valence-electron chi connectivity index (χ2n) is 14.9. The van der Waals surface area contributed by atoms with Crippen LogP contribution in [-0.2, 0) is 0 Å². The second kappa shape index (κ2) is 11.4. The van der Waals surface area contributed by atoms with Gasteiger partial charge in [0.05, 0.1) is 33.1 Å². The van der Waals surface area contributed by atoms with E-state index in [2.05, 4.69) is 196 Å². The Morgan fingerprint density at radius 1 is 0.281 bits per heavy atom. The van der Waals surface area contributed by atoms with Crippen molar-refractivity contribution in [2.24, 2.45) is 0 Å². The van der Waals surface area contributed by atoms with Gasteiger partial charge in [0.25, 0.3) is 0 Å². The monoisotopic (exact) mass is 726 g/mol. The number of hydrogen-bond acceptors (Lipinski definition) is 3. The minimum absolute atomic E-state index is 0.957. The average Bonchev–Trinajstić information content (AvgIpc) is 3.97. The standard InChI is InChI=1S/C51H30N6/c1-4-16-37-34(13-1)40(28-55-46-22-10-7-19-43(46)52-49(37)55)31-25-32(41-29-56-47-23-11-8-20-44(47)53-50(56)38-17-5-2-14-35(38)41)27-33(26-31)42-30-57-48-24-12-9-21-45(48)54-51(57)39-18-6-3-15-36(39)42/h1-30H. The predicted octanol–water partition coefficient (Wildman–Crippen LogP) is 12.5. The molecule has 0 fully saturated rings. The summed E-state index contributed by atoms with van der Waals surface area (Å²) in [4.78, 5) is 15.4. The van der Waals surface area contributed by atoms with E-state index < -0.39 is 0 Å². The third kappa shape index (κ3) is 4.32. The van der Waals surface area contributed by atoms with E-state index in [1.54, 1.807) is 0 Å². The zero-order valence-corrected chi connectivity index (χ0v) is 30.5. The summed E-state index contributed by atoms with van der Waals surface area (Å²) in [5.74, 6) is 0. The molecule has 0 aliphatic rings. The first-order valence-electron chi connectivity index (χ1n) is 19.3. The molecule has 0 N–H and O–H groups in total. The number of aromatic nitrogens is 6. The first-order chi connectivity index (χ1) is 28.2. The van der Waals surface area contributed by atoms with Crippen molar-refractivity contribution in [2.45, 2.75) is 0 Å². The molecule has 13 rings (SSSR count). The number of para-hydroxylation sites is 6. The Morgan fingerprint density at radius 3 is 0.860 bits per heavy atom. The van der Waals surface area contributed by atoms with Gasteiger partial charge in [-0.2, -0.15) is 0 Å². The maximum atomic E-state index is 5.12. The van der Waals surface area contributed by atoms with E-state index in [0.29, 0.717) is 0 Å². The summed E-state index contributed by atoms with van der Waals surface area (Å²) in [7, 11) is 0. The Labute approximate surface area is 325 Å². The minimum Gasteiger partial charge on any atom is -0.298 e. The minimum atomic E-state index is 0.957. The molecule has 6 heterocycles. The molecule has 0 amide bonds. The molecule has 0 saturated carbocycles. The van der Waals surface area contributed by atoms with Crippen molar-refractivity contribution in [1.82, 2.24) is 28.2 Å². The summed E-state index contributed by atoms with van der Waals surface area (Å²) in [5, 5.41) is 6.82. The van der Waals surface area contributed by atoms with Crippen molar-refractivity contribution < 1.29 is 0 Å². The SMILES string of the molecule is c1ccc2c(c1)nc1c3ccccc3c(-c3cc(-c4cn5c6ccccc6nc5c5ccccc45)cc(-c4cn5c6ccccc6nc5c5ccccc45)c3)cn21. The molecule has 0 radical (unpaired) electrons. The zero-order chi connectivity index (χ0) is 37.2. The third-order valence-corrected chi connectivity index (χ3v) is 11.8. The van der Waals surface area contributed by atoms with E-state index in [9.17, 15) is 0 Å². The Hall–Kier alpha value is -7.83. The molecule has 0 unspecified atom stereocenters. The highest BCUT2D eigenvalue weighted by Gasteiger charge is 2.20. The highest BCUT2D eigenvalue weighted by Crippen LogP contribution is 2.42. The van der Waals surface area contributed by atoms with E-state index in [4.69, 9.17) is 15.0 Å². The second-order valence-corrected chi connectivity index (χ2v) is 14.9. The molecule has 0 aliphatic carbocycles. The first-order valence-corrected chi connectivity index (χ1v) is 19.3. The summed E-state index contributed by atoms with van der Waals surface area (Å²) in [6.45, 7) is 0. The molecule has 0 aliphatic heterocycles. The van der Waals surface area contributed by atoms with Gasteiger partial charge in [0.15, 0.2) is 0 Å². The predicted molar refractivity (Wildman–Crippen MR) is 234 cm³/mol. The van der Waals surface area contributed by atoms with Crippen molar-refractivity contribution in [3.05, 3.63) is 182 Å². The van der Waals surface area contributed by atoms with Crippen LogP contribution < -0.4 is 0 Å². The van der Waals surface area contributed by atoms with E-state index >= 15 is 0 Å². The third-order valence-electron chi connectivity index (χ3n) is 11.8. The lowest BCUT2D eigenvalue weighted by molar-refractivity contribution is 1.24. The van der Waals surface area contributed by atoms with Gasteiger partial charge in [0.2, 0.25) is 0 Å². The highest BCUT2D eigenvalue weighted by molar-refractivity contribution is 6.11. The summed E-state index contributed by atoms with van der Waals surface area (Å²) in [6, 6.07) is 58.3. The molecule has 0 bridgehead atoms. The van der Waals surface area contributed by atoms with Gasteiger partial charge in [0.1, 0.15) is 16.9 Å². The fraction of sp³-hybridized carbons (Fsp3) is 0. The lowest BCUT2D eigenvalue weighted by atomic mass is 9.90. The Kier molecular flexibility index (Phi) is 6.07. The Balaban J connectivity index is 1.18. The molecule has 7 aromatic carbocycles. The van der Waals surface area contributed by atoms with Crippen LogP contribution in [0.5, 0.6) is 0 Å². The van der Waals surface area contributed by atoms with Gasteiger partial charge in [0, 0.05) is 51.4 Å². The fourth-order valence-corrected chi connectivity index (χ4v) is 9.21. The summed E-state index contributed by atoms with van der Waals surface area (Å²) < 4.78 is 6.78. The van der Waals surface area contributed by atoms with Crippen LogP contribution in [0.2, 0.25) is 0 Å². The molecule has 0 saturated heterocycles. The number of imidazole rings is 3. The van der Waals surface area contributed by atoms with Crippen molar-refractivity contribution in [1.29, 1.82) is 0 Å². The normalized spacial score (nSPS) is 12.2. The van der Waals surface area contributed by atoms with Crippen LogP contribution in [0.15, 0.2) is 182 Å². The molecule has 57 heavy (non-hydrogen) atoms. The molecular weight excluding hydrogens is 697 g/mol. The number of fused-ring (bicyclic) bond motifs is 15. The van der Waals surface area contributed by atoms with Crippen LogP contribution in [0, 0.1) is 0 Å². The number of nitrogens with zero attached hydrogens (tertiary/aromatic N) is 6.